The van der Waals surface area contributed by atoms with Crippen molar-refractivity contribution in [1.82, 2.24) is 0 Å². The quantitative estimate of drug-likeness (QED) is 0.618. The van der Waals surface area contributed by atoms with Gasteiger partial charge in [0.15, 0.2) is 0 Å². The third-order valence-electron chi connectivity index (χ3n) is 3.55. The van der Waals surface area contributed by atoms with Crippen molar-refractivity contribution in [3.8, 4) is 5.75 Å². The fourth-order valence-electron chi connectivity index (χ4n) is 2.21. The van der Waals surface area contributed by atoms with E-state index in [1.54, 1.807) is 31.4 Å². The van der Waals surface area contributed by atoms with Gasteiger partial charge in [-0.3, -0.25) is 4.89 Å². The fraction of sp³-hybridized carbons (Fsp3) is 0.533. The van der Waals surface area contributed by atoms with Gasteiger partial charge in [0.2, 0.25) is 0 Å². The summed E-state index contributed by atoms with van der Waals surface area (Å²) in [5.74, 6) is 0.997. The zero-order valence-corrected chi connectivity index (χ0v) is 11.4. The van der Waals surface area contributed by atoms with Crippen LogP contribution >= 0.6 is 0 Å². The lowest BCUT2D eigenvalue weighted by Crippen LogP contribution is -2.22. The van der Waals surface area contributed by atoms with E-state index in [0.29, 0.717) is 11.3 Å². The lowest BCUT2D eigenvalue weighted by atomic mass is 9.89. The first kappa shape index (κ1) is 13.9. The zero-order valence-electron chi connectivity index (χ0n) is 11.4. The second-order valence-corrected chi connectivity index (χ2v) is 5.08. The lowest BCUT2D eigenvalue weighted by molar-refractivity contribution is -0.280. The Morgan fingerprint density at radius 2 is 1.74 bits per heavy atom. The van der Waals surface area contributed by atoms with E-state index in [1.807, 2.05) is 0 Å². The summed E-state index contributed by atoms with van der Waals surface area (Å²) in [4.78, 5) is 21.9. The number of ether oxygens (including phenoxy) is 1. The predicted molar refractivity (Wildman–Crippen MR) is 70.9 cm³/mol. The van der Waals surface area contributed by atoms with Gasteiger partial charge in [0, 0.05) is 0 Å². The number of hydrogen-bond acceptors (Lipinski definition) is 4. The van der Waals surface area contributed by atoms with Crippen LogP contribution in [0.25, 0.3) is 0 Å². The van der Waals surface area contributed by atoms with Gasteiger partial charge in [0.1, 0.15) is 11.9 Å². The molecule has 2 rings (SSSR count). The summed E-state index contributed by atoms with van der Waals surface area (Å²) in [6.07, 6.45) is 4.21. The van der Waals surface area contributed by atoms with Gasteiger partial charge in [-0.2, -0.15) is 4.89 Å². The highest BCUT2D eigenvalue weighted by molar-refractivity contribution is 5.89. The minimum atomic E-state index is -0.457. The molecule has 0 N–H and O–H groups in total. The van der Waals surface area contributed by atoms with E-state index in [4.69, 9.17) is 14.5 Å². The second-order valence-electron chi connectivity index (χ2n) is 5.08. The number of methoxy groups -OCH3 is 1. The Morgan fingerprint density at radius 1 is 1.11 bits per heavy atom. The normalized spacial score (nSPS) is 22.8. The average molecular weight is 264 g/mol. The van der Waals surface area contributed by atoms with E-state index in [9.17, 15) is 4.79 Å². The molecule has 0 spiro atoms. The van der Waals surface area contributed by atoms with Crippen molar-refractivity contribution in [3.05, 3.63) is 29.8 Å². The highest BCUT2D eigenvalue weighted by Crippen LogP contribution is 2.25. The van der Waals surface area contributed by atoms with Crippen LogP contribution in [-0.2, 0) is 9.78 Å². The molecule has 1 aromatic carbocycles. The first-order chi connectivity index (χ1) is 9.19. The van der Waals surface area contributed by atoms with Crippen molar-refractivity contribution in [2.75, 3.05) is 7.11 Å². The highest BCUT2D eigenvalue weighted by Gasteiger charge is 2.21. The summed E-state index contributed by atoms with van der Waals surface area (Å²) in [5.41, 5.74) is 0.463. The van der Waals surface area contributed by atoms with E-state index in [1.165, 1.54) is 0 Å². The van der Waals surface area contributed by atoms with E-state index < -0.39 is 5.97 Å². The van der Waals surface area contributed by atoms with Crippen LogP contribution in [0.1, 0.15) is 43.0 Å². The molecule has 0 radical (unpaired) electrons. The summed E-state index contributed by atoms with van der Waals surface area (Å²) >= 11 is 0. The molecule has 1 aliphatic carbocycles. The molecule has 0 aromatic heterocycles. The number of carbonyl (C=O) groups is 1. The van der Waals surface area contributed by atoms with E-state index in [2.05, 4.69) is 6.92 Å². The number of hydrogen-bond donors (Lipinski definition) is 0. The third-order valence-corrected chi connectivity index (χ3v) is 3.55. The third kappa shape index (κ3) is 3.96. The summed E-state index contributed by atoms with van der Waals surface area (Å²) in [6, 6.07) is 6.76. The van der Waals surface area contributed by atoms with Crippen LogP contribution in [0.3, 0.4) is 0 Å². The molecule has 0 atom stereocenters. The summed E-state index contributed by atoms with van der Waals surface area (Å²) < 4.78 is 5.03. The molecule has 0 bridgehead atoms. The fourth-order valence-corrected chi connectivity index (χ4v) is 2.21. The molecule has 19 heavy (non-hydrogen) atoms. The molecular weight excluding hydrogens is 244 g/mol. The van der Waals surface area contributed by atoms with Crippen LogP contribution in [0.5, 0.6) is 5.75 Å². The van der Waals surface area contributed by atoms with Gasteiger partial charge in [-0.15, -0.1) is 0 Å². The SMILES string of the molecule is COc1ccc(C(=O)OOC2CCC(C)CC2)cc1. The highest BCUT2D eigenvalue weighted by atomic mass is 17.2. The van der Waals surface area contributed by atoms with Crippen LogP contribution in [0, 0.1) is 5.92 Å². The second kappa shape index (κ2) is 6.57. The van der Waals surface area contributed by atoms with Crippen molar-refractivity contribution in [2.24, 2.45) is 5.92 Å². The maximum absolute atomic E-state index is 11.8. The maximum atomic E-state index is 11.8. The van der Waals surface area contributed by atoms with Crippen LogP contribution in [0.2, 0.25) is 0 Å². The Hall–Kier alpha value is -1.55. The van der Waals surface area contributed by atoms with Crippen LogP contribution in [0.4, 0.5) is 0 Å². The van der Waals surface area contributed by atoms with Gasteiger partial charge in [-0.1, -0.05) is 6.92 Å². The van der Waals surface area contributed by atoms with Gasteiger partial charge in [-0.05, 0) is 55.9 Å². The summed E-state index contributed by atoms with van der Waals surface area (Å²) in [6.45, 7) is 2.24. The zero-order chi connectivity index (χ0) is 13.7. The Labute approximate surface area is 113 Å². The molecule has 0 aliphatic heterocycles. The Kier molecular flexibility index (Phi) is 4.80. The average Bonchev–Trinajstić information content (AvgIpc) is 2.46. The predicted octanol–water partition coefficient (Wildman–Crippen LogP) is 3.36. The van der Waals surface area contributed by atoms with Gasteiger partial charge < -0.3 is 4.74 Å². The largest absolute Gasteiger partial charge is 0.497 e. The smallest absolute Gasteiger partial charge is 0.373 e. The molecule has 104 valence electrons. The van der Waals surface area contributed by atoms with Crippen molar-refractivity contribution in [3.63, 3.8) is 0 Å². The minimum Gasteiger partial charge on any atom is -0.497 e. The van der Waals surface area contributed by atoms with Gasteiger partial charge in [0.25, 0.3) is 0 Å². The van der Waals surface area contributed by atoms with Crippen molar-refractivity contribution in [1.29, 1.82) is 0 Å². The molecular formula is C15H20O4. The number of benzene rings is 1. The van der Waals surface area contributed by atoms with Crippen molar-refractivity contribution < 1.29 is 19.3 Å². The van der Waals surface area contributed by atoms with Crippen molar-refractivity contribution >= 4 is 5.97 Å². The van der Waals surface area contributed by atoms with E-state index >= 15 is 0 Å². The van der Waals surface area contributed by atoms with Crippen LogP contribution < -0.4 is 4.74 Å². The molecule has 4 nitrogen and oxygen atoms in total. The van der Waals surface area contributed by atoms with Crippen LogP contribution in [-0.4, -0.2) is 19.2 Å². The lowest BCUT2D eigenvalue weighted by Gasteiger charge is -2.24. The summed E-state index contributed by atoms with van der Waals surface area (Å²) in [7, 11) is 1.58. The van der Waals surface area contributed by atoms with Gasteiger partial charge in [0.05, 0.1) is 12.7 Å². The molecule has 1 aromatic rings. The van der Waals surface area contributed by atoms with E-state index in [0.717, 1.165) is 31.6 Å². The van der Waals surface area contributed by atoms with Crippen LogP contribution in [0.15, 0.2) is 24.3 Å². The number of carbonyl (C=O) groups excluding carboxylic acids is 1. The van der Waals surface area contributed by atoms with E-state index in [-0.39, 0.29) is 6.10 Å². The Morgan fingerprint density at radius 3 is 2.32 bits per heavy atom. The molecule has 0 saturated heterocycles. The topological polar surface area (TPSA) is 44.8 Å². The minimum absolute atomic E-state index is 0.0402. The first-order valence-corrected chi connectivity index (χ1v) is 6.70. The monoisotopic (exact) mass is 264 g/mol. The first-order valence-electron chi connectivity index (χ1n) is 6.70. The molecule has 0 unspecified atom stereocenters. The molecule has 0 heterocycles. The molecule has 4 heteroatoms. The molecule has 1 aliphatic rings. The molecule has 1 saturated carbocycles. The Balaban J connectivity index is 1.80. The maximum Gasteiger partial charge on any atom is 0.373 e. The standard InChI is InChI=1S/C15H20O4/c1-11-3-7-14(8-4-11)18-19-15(16)12-5-9-13(17-2)10-6-12/h5-6,9-11,14H,3-4,7-8H2,1-2H3. The Bertz CT molecular complexity index is 405. The molecule has 0 amide bonds. The summed E-state index contributed by atoms with van der Waals surface area (Å²) in [5, 5.41) is 0. The van der Waals surface area contributed by atoms with Gasteiger partial charge >= 0.3 is 5.97 Å². The van der Waals surface area contributed by atoms with Gasteiger partial charge in [-0.25, -0.2) is 4.79 Å². The number of rotatable bonds is 4. The molecule has 1 fully saturated rings. The van der Waals surface area contributed by atoms with Crippen molar-refractivity contribution in [2.45, 2.75) is 38.7 Å².